The Morgan fingerprint density at radius 3 is 2.31 bits per heavy atom. The topological polar surface area (TPSA) is 206 Å². The Balaban J connectivity index is 0.982. The molecule has 3 aromatic carbocycles. The van der Waals surface area contributed by atoms with Crippen LogP contribution >= 0.6 is 0 Å². The number of rotatable bonds is 17. The first kappa shape index (κ1) is 42.6. The molecule has 304 valence electrons. The maximum atomic E-state index is 14.6. The molecule has 0 aliphatic carbocycles. The lowest BCUT2D eigenvalue weighted by atomic mass is 10.0. The van der Waals surface area contributed by atoms with E-state index in [0.29, 0.717) is 39.7 Å². The molecule has 0 bridgehead atoms. The lowest BCUT2D eigenvalue weighted by Gasteiger charge is -2.20. The summed E-state index contributed by atoms with van der Waals surface area (Å²) in [5.41, 5.74) is 0.896. The predicted molar refractivity (Wildman–Crippen MR) is 212 cm³/mol. The van der Waals surface area contributed by atoms with Crippen molar-refractivity contribution in [3.8, 4) is 11.1 Å². The molecule has 0 spiro atoms. The standard InChI is InChI=1S/C41H44F2N8O7/c1-41(2,3)58-40(56)49-34-22-27(26-7-6-8-28(42)21-26)23-48-36(34)39(55)47-16-18-57-17-15-44-24-35(52)45-13-14-46-37(53)31-19-25(11-12-32(31)43)20-33-29-9-4-5-10-30(29)38(54)51-50-33/h4-12,19,21-23,44H,13-18,20,24H2,1-3H3,(H,45,52)(H,46,53)(H,47,55)(H,49,56)(H,51,54). The second-order valence-electron chi connectivity index (χ2n) is 13.9. The molecule has 0 atom stereocenters. The molecule has 2 heterocycles. The van der Waals surface area contributed by atoms with Gasteiger partial charge in [0, 0.05) is 49.7 Å². The molecular weight excluding hydrogens is 754 g/mol. The molecule has 0 saturated heterocycles. The molecule has 0 aliphatic heterocycles. The Labute approximate surface area is 332 Å². The van der Waals surface area contributed by atoms with Crippen LogP contribution in [0, 0.1) is 11.6 Å². The van der Waals surface area contributed by atoms with Gasteiger partial charge in [-0.15, -0.1) is 0 Å². The lowest BCUT2D eigenvalue weighted by molar-refractivity contribution is -0.120. The molecule has 58 heavy (non-hydrogen) atoms. The zero-order valence-electron chi connectivity index (χ0n) is 32.2. The van der Waals surface area contributed by atoms with Gasteiger partial charge in [-0.2, -0.15) is 5.10 Å². The summed E-state index contributed by atoms with van der Waals surface area (Å²) in [5.74, 6) is -2.72. The molecule has 17 heteroatoms. The molecule has 0 radical (unpaired) electrons. The highest BCUT2D eigenvalue weighted by molar-refractivity contribution is 6.01. The highest BCUT2D eigenvalue weighted by Crippen LogP contribution is 2.26. The van der Waals surface area contributed by atoms with E-state index >= 15 is 0 Å². The maximum absolute atomic E-state index is 14.6. The number of halogens is 2. The van der Waals surface area contributed by atoms with Crippen LogP contribution in [0.4, 0.5) is 19.3 Å². The second-order valence-corrected chi connectivity index (χ2v) is 13.9. The number of anilines is 1. The number of aromatic nitrogens is 3. The van der Waals surface area contributed by atoms with Crippen molar-refractivity contribution in [1.82, 2.24) is 36.4 Å². The summed E-state index contributed by atoms with van der Waals surface area (Å²) in [6, 6.07) is 18.5. The van der Waals surface area contributed by atoms with Crippen molar-refractivity contribution in [3.63, 3.8) is 0 Å². The fourth-order valence-corrected chi connectivity index (χ4v) is 5.64. The fraction of sp³-hybridized carbons (Fsp3) is 0.293. The largest absolute Gasteiger partial charge is 0.444 e. The van der Waals surface area contributed by atoms with Crippen molar-refractivity contribution >= 4 is 40.3 Å². The van der Waals surface area contributed by atoms with Crippen LogP contribution in [0.3, 0.4) is 0 Å². The molecule has 15 nitrogen and oxygen atoms in total. The van der Waals surface area contributed by atoms with Gasteiger partial charge in [0.2, 0.25) is 5.91 Å². The number of hydrogen-bond donors (Lipinski definition) is 6. The van der Waals surface area contributed by atoms with E-state index in [1.165, 1.54) is 42.6 Å². The smallest absolute Gasteiger partial charge is 0.412 e. The summed E-state index contributed by atoms with van der Waals surface area (Å²) in [6.45, 7) is 6.03. The number of H-pyrrole nitrogens is 1. The van der Waals surface area contributed by atoms with Crippen molar-refractivity contribution in [3.05, 3.63) is 123 Å². The molecule has 0 unspecified atom stereocenters. The zero-order chi connectivity index (χ0) is 41.7. The van der Waals surface area contributed by atoms with Crippen molar-refractivity contribution < 1.29 is 37.4 Å². The Kier molecular flexibility index (Phi) is 14.7. The van der Waals surface area contributed by atoms with Gasteiger partial charge in [-0.05, 0) is 68.3 Å². The number of hydrogen-bond acceptors (Lipinski definition) is 10. The van der Waals surface area contributed by atoms with Crippen LogP contribution in [0.15, 0.2) is 83.8 Å². The number of amides is 4. The molecule has 2 aromatic heterocycles. The van der Waals surface area contributed by atoms with Gasteiger partial charge in [-0.1, -0.05) is 36.4 Å². The number of carbonyl (C=O) groups excluding carboxylic acids is 4. The van der Waals surface area contributed by atoms with Gasteiger partial charge < -0.3 is 30.7 Å². The first-order valence-corrected chi connectivity index (χ1v) is 18.4. The molecule has 0 fully saturated rings. The van der Waals surface area contributed by atoms with E-state index in [-0.39, 0.29) is 74.2 Å². The third-order valence-corrected chi connectivity index (χ3v) is 8.29. The van der Waals surface area contributed by atoms with E-state index in [4.69, 9.17) is 9.47 Å². The first-order chi connectivity index (χ1) is 27.8. The lowest BCUT2D eigenvalue weighted by Crippen LogP contribution is -2.39. The molecular formula is C41H44F2N8O7. The highest BCUT2D eigenvalue weighted by atomic mass is 19.1. The third kappa shape index (κ3) is 12.5. The van der Waals surface area contributed by atoms with Gasteiger partial charge in [0.1, 0.15) is 17.2 Å². The van der Waals surface area contributed by atoms with Gasteiger partial charge in [-0.25, -0.2) is 23.7 Å². The summed E-state index contributed by atoms with van der Waals surface area (Å²) >= 11 is 0. The number of benzene rings is 3. The van der Waals surface area contributed by atoms with Gasteiger partial charge in [0.15, 0.2) is 5.69 Å². The summed E-state index contributed by atoms with van der Waals surface area (Å²) < 4.78 is 39.3. The van der Waals surface area contributed by atoms with Crippen LogP contribution < -0.4 is 32.1 Å². The van der Waals surface area contributed by atoms with Crippen molar-refractivity contribution in [1.29, 1.82) is 0 Å². The van der Waals surface area contributed by atoms with Gasteiger partial charge >= 0.3 is 6.09 Å². The summed E-state index contributed by atoms with van der Waals surface area (Å²) in [7, 11) is 0. The molecule has 5 rings (SSSR count). The number of fused-ring (bicyclic) bond motifs is 1. The second kappa shape index (κ2) is 20.0. The zero-order valence-corrected chi connectivity index (χ0v) is 32.2. The number of carbonyl (C=O) groups is 4. The minimum Gasteiger partial charge on any atom is -0.444 e. The number of pyridine rings is 1. The Morgan fingerprint density at radius 1 is 0.793 bits per heavy atom. The van der Waals surface area contributed by atoms with Gasteiger partial charge in [-0.3, -0.25) is 24.5 Å². The molecule has 6 N–H and O–H groups in total. The van der Waals surface area contributed by atoms with Crippen molar-refractivity contribution in [2.24, 2.45) is 0 Å². The average Bonchev–Trinajstić information content (AvgIpc) is 3.18. The third-order valence-electron chi connectivity index (χ3n) is 8.29. The quantitative estimate of drug-likeness (QED) is 0.0744. The van der Waals surface area contributed by atoms with E-state index in [0.717, 1.165) is 0 Å². The van der Waals surface area contributed by atoms with Crippen molar-refractivity contribution in [2.75, 3.05) is 51.3 Å². The van der Waals surface area contributed by atoms with E-state index in [9.17, 15) is 32.8 Å². The summed E-state index contributed by atoms with van der Waals surface area (Å²) in [6.07, 6.45) is 0.867. The number of nitrogens with zero attached hydrogens (tertiary/aromatic N) is 2. The first-order valence-electron chi connectivity index (χ1n) is 18.4. The van der Waals surface area contributed by atoms with Crippen LogP contribution in [0.1, 0.15) is 52.9 Å². The summed E-state index contributed by atoms with van der Waals surface area (Å²) in [4.78, 5) is 66.9. The molecule has 0 saturated carbocycles. The number of ether oxygens (including phenoxy) is 2. The number of aromatic amines is 1. The summed E-state index contributed by atoms with van der Waals surface area (Å²) in [5, 5.41) is 21.2. The average molecular weight is 799 g/mol. The highest BCUT2D eigenvalue weighted by Gasteiger charge is 2.21. The van der Waals surface area contributed by atoms with E-state index < -0.39 is 35.1 Å². The predicted octanol–water partition coefficient (Wildman–Crippen LogP) is 4.08. The van der Waals surface area contributed by atoms with E-state index in [1.807, 2.05) is 0 Å². The molecule has 4 amide bonds. The SMILES string of the molecule is CC(C)(C)OC(=O)Nc1cc(-c2cccc(F)c2)cnc1C(=O)NCCOCCNCC(=O)NCCNC(=O)c1cc(Cc2n[nH]c(=O)c3ccccc23)ccc1F. The van der Waals surface area contributed by atoms with E-state index in [1.54, 1.807) is 57.2 Å². The Morgan fingerprint density at radius 2 is 1.53 bits per heavy atom. The van der Waals surface area contributed by atoms with Gasteiger partial charge in [0.05, 0.1) is 42.1 Å². The van der Waals surface area contributed by atoms with Crippen LogP contribution in [0.5, 0.6) is 0 Å². The number of nitrogens with one attached hydrogen (secondary N) is 6. The minimum absolute atomic E-state index is 0.0249. The Bertz CT molecular complexity index is 2330. The molecule has 0 aliphatic rings. The fourth-order valence-electron chi connectivity index (χ4n) is 5.64. The van der Waals surface area contributed by atoms with Crippen molar-refractivity contribution in [2.45, 2.75) is 32.8 Å². The van der Waals surface area contributed by atoms with Crippen LogP contribution in [0.25, 0.3) is 21.9 Å². The monoisotopic (exact) mass is 798 g/mol. The van der Waals surface area contributed by atoms with Crippen LogP contribution in [0.2, 0.25) is 0 Å². The Hall–Kier alpha value is -6.59. The maximum Gasteiger partial charge on any atom is 0.412 e. The van der Waals surface area contributed by atoms with Crippen LogP contribution in [-0.2, 0) is 20.7 Å². The van der Waals surface area contributed by atoms with E-state index in [2.05, 4.69) is 41.8 Å². The van der Waals surface area contributed by atoms with Crippen LogP contribution in [-0.4, -0.2) is 90.5 Å². The minimum atomic E-state index is -0.793. The normalized spacial score (nSPS) is 11.2. The molecule has 5 aromatic rings. The van der Waals surface area contributed by atoms with Gasteiger partial charge in [0.25, 0.3) is 17.4 Å².